The number of hydrogen-bond donors (Lipinski definition) is 0. The van der Waals surface area contributed by atoms with Gasteiger partial charge < -0.3 is 4.74 Å². The highest BCUT2D eigenvalue weighted by Gasteiger charge is 2.21. The van der Waals surface area contributed by atoms with Crippen LogP contribution >= 0.6 is 27.7 Å². The Balaban J connectivity index is 2.14. The van der Waals surface area contributed by atoms with Gasteiger partial charge in [-0.3, -0.25) is 4.79 Å². The van der Waals surface area contributed by atoms with Crippen LogP contribution in [0.5, 0.6) is 0 Å². The first-order valence-electron chi connectivity index (χ1n) is 6.22. The molecule has 2 aromatic rings. The molecule has 0 radical (unpaired) electrons. The standard InChI is InChI=1S/C16H15BrO2S/c1-19-16(18)13(12-7-3-2-4-8-12)11-20-15-10-6-5-9-14(15)17/h2-10,13H,11H2,1H3. The van der Waals surface area contributed by atoms with E-state index in [4.69, 9.17) is 4.74 Å². The van der Waals surface area contributed by atoms with E-state index in [1.54, 1.807) is 11.8 Å². The second kappa shape index (κ2) is 7.50. The van der Waals surface area contributed by atoms with Crippen LogP contribution in [0, 0.1) is 0 Å². The van der Waals surface area contributed by atoms with E-state index in [2.05, 4.69) is 15.9 Å². The van der Waals surface area contributed by atoms with E-state index in [-0.39, 0.29) is 11.9 Å². The molecule has 2 rings (SSSR count). The lowest BCUT2D eigenvalue weighted by molar-refractivity contribution is -0.141. The fourth-order valence-corrected chi connectivity index (χ4v) is 3.55. The first kappa shape index (κ1) is 15.1. The molecule has 2 aromatic carbocycles. The number of rotatable bonds is 5. The van der Waals surface area contributed by atoms with Crippen molar-refractivity contribution < 1.29 is 9.53 Å². The monoisotopic (exact) mass is 350 g/mol. The van der Waals surface area contributed by atoms with E-state index in [9.17, 15) is 4.79 Å². The Hall–Kier alpha value is -1.26. The number of hydrogen-bond acceptors (Lipinski definition) is 3. The average molecular weight is 351 g/mol. The first-order valence-corrected chi connectivity index (χ1v) is 8.00. The van der Waals surface area contributed by atoms with Gasteiger partial charge in [-0.1, -0.05) is 42.5 Å². The van der Waals surface area contributed by atoms with Crippen molar-refractivity contribution in [2.24, 2.45) is 0 Å². The van der Waals surface area contributed by atoms with Crippen LogP contribution in [0.25, 0.3) is 0 Å². The SMILES string of the molecule is COC(=O)C(CSc1ccccc1Br)c1ccccc1. The number of esters is 1. The van der Waals surface area contributed by atoms with E-state index in [0.29, 0.717) is 5.75 Å². The number of halogens is 1. The molecule has 0 spiro atoms. The van der Waals surface area contributed by atoms with Crippen LogP contribution in [-0.4, -0.2) is 18.8 Å². The Labute approximate surface area is 131 Å². The molecule has 0 saturated heterocycles. The molecule has 0 aliphatic carbocycles. The Morgan fingerprint density at radius 1 is 1.15 bits per heavy atom. The number of carbonyl (C=O) groups excluding carboxylic acids is 1. The van der Waals surface area contributed by atoms with E-state index in [1.165, 1.54) is 7.11 Å². The third-order valence-electron chi connectivity index (χ3n) is 2.93. The van der Waals surface area contributed by atoms with Crippen molar-refractivity contribution in [2.75, 3.05) is 12.9 Å². The van der Waals surface area contributed by atoms with Gasteiger partial charge in [0.05, 0.1) is 13.0 Å². The molecule has 0 saturated carbocycles. The molecule has 1 atom stereocenters. The van der Waals surface area contributed by atoms with Gasteiger partial charge in [0.15, 0.2) is 0 Å². The van der Waals surface area contributed by atoms with Gasteiger partial charge in [-0.25, -0.2) is 0 Å². The molecule has 0 bridgehead atoms. The van der Waals surface area contributed by atoms with Crippen molar-refractivity contribution in [2.45, 2.75) is 10.8 Å². The summed E-state index contributed by atoms with van der Waals surface area (Å²) in [5, 5.41) is 0. The Morgan fingerprint density at radius 2 is 1.80 bits per heavy atom. The summed E-state index contributed by atoms with van der Waals surface area (Å²) in [4.78, 5) is 13.1. The first-order chi connectivity index (χ1) is 9.72. The molecule has 0 aliphatic heterocycles. The van der Waals surface area contributed by atoms with E-state index >= 15 is 0 Å². The summed E-state index contributed by atoms with van der Waals surface area (Å²) in [6.07, 6.45) is 0. The minimum Gasteiger partial charge on any atom is -0.469 e. The van der Waals surface area contributed by atoms with Crippen molar-refractivity contribution in [3.63, 3.8) is 0 Å². The summed E-state index contributed by atoms with van der Waals surface area (Å²) in [5.74, 6) is 0.202. The maximum absolute atomic E-state index is 12.0. The lowest BCUT2D eigenvalue weighted by atomic mass is 10.0. The molecular weight excluding hydrogens is 336 g/mol. The quantitative estimate of drug-likeness (QED) is 0.586. The molecule has 0 heterocycles. The minimum absolute atomic E-state index is 0.198. The largest absolute Gasteiger partial charge is 0.469 e. The number of benzene rings is 2. The van der Waals surface area contributed by atoms with Crippen LogP contribution in [0.4, 0.5) is 0 Å². The van der Waals surface area contributed by atoms with Crippen LogP contribution in [0.15, 0.2) is 64.0 Å². The van der Waals surface area contributed by atoms with E-state index in [1.807, 2.05) is 54.6 Å². The van der Waals surface area contributed by atoms with Crippen LogP contribution in [-0.2, 0) is 9.53 Å². The molecule has 0 fully saturated rings. The molecule has 104 valence electrons. The van der Waals surface area contributed by atoms with Gasteiger partial charge in [-0.15, -0.1) is 11.8 Å². The zero-order valence-electron chi connectivity index (χ0n) is 11.1. The van der Waals surface area contributed by atoms with Crippen LogP contribution < -0.4 is 0 Å². The Morgan fingerprint density at radius 3 is 2.45 bits per heavy atom. The molecule has 0 aliphatic rings. The normalized spacial score (nSPS) is 11.9. The van der Waals surface area contributed by atoms with E-state index < -0.39 is 0 Å². The van der Waals surface area contributed by atoms with Crippen LogP contribution in [0.2, 0.25) is 0 Å². The van der Waals surface area contributed by atoms with E-state index in [0.717, 1.165) is 14.9 Å². The maximum Gasteiger partial charge on any atom is 0.313 e. The van der Waals surface area contributed by atoms with Crippen molar-refractivity contribution >= 4 is 33.7 Å². The summed E-state index contributed by atoms with van der Waals surface area (Å²) in [7, 11) is 1.43. The fraction of sp³-hybridized carbons (Fsp3) is 0.188. The highest BCUT2D eigenvalue weighted by Crippen LogP contribution is 2.31. The van der Waals surface area contributed by atoms with Crippen molar-refractivity contribution in [3.05, 3.63) is 64.6 Å². The van der Waals surface area contributed by atoms with Gasteiger partial charge in [-0.05, 0) is 33.6 Å². The van der Waals surface area contributed by atoms with Crippen molar-refractivity contribution in [3.8, 4) is 0 Å². The molecular formula is C16H15BrO2S. The molecule has 2 nitrogen and oxygen atoms in total. The summed E-state index contributed by atoms with van der Waals surface area (Å²) in [6, 6.07) is 17.7. The summed E-state index contributed by atoms with van der Waals surface area (Å²) in [6.45, 7) is 0. The average Bonchev–Trinajstić information content (AvgIpc) is 2.50. The summed E-state index contributed by atoms with van der Waals surface area (Å²) >= 11 is 5.17. The maximum atomic E-state index is 12.0. The summed E-state index contributed by atoms with van der Waals surface area (Å²) in [5.41, 5.74) is 0.985. The molecule has 20 heavy (non-hydrogen) atoms. The number of ether oxygens (including phenoxy) is 1. The van der Waals surface area contributed by atoms with Crippen LogP contribution in [0.3, 0.4) is 0 Å². The minimum atomic E-state index is -0.252. The van der Waals surface area contributed by atoms with Crippen LogP contribution in [0.1, 0.15) is 11.5 Å². The summed E-state index contributed by atoms with van der Waals surface area (Å²) < 4.78 is 5.96. The van der Waals surface area contributed by atoms with Gasteiger partial charge in [0, 0.05) is 15.1 Å². The smallest absolute Gasteiger partial charge is 0.313 e. The lowest BCUT2D eigenvalue weighted by Crippen LogP contribution is -2.16. The van der Waals surface area contributed by atoms with Gasteiger partial charge >= 0.3 is 5.97 Å². The highest BCUT2D eigenvalue weighted by molar-refractivity contribution is 9.10. The molecule has 4 heteroatoms. The predicted octanol–water partition coefficient (Wildman–Crippen LogP) is 4.50. The van der Waals surface area contributed by atoms with Crippen molar-refractivity contribution in [1.29, 1.82) is 0 Å². The fourth-order valence-electron chi connectivity index (χ4n) is 1.86. The second-order valence-electron chi connectivity index (χ2n) is 4.23. The Bertz CT molecular complexity index is 572. The number of carbonyl (C=O) groups is 1. The second-order valence-corrected chi connectivity index (χ2v) is 6.14. The Kier molecular flexibility index (Phi) is 5.68. The third kappa shape index (κ3) is 3.87. The molecule has 0 N–H and O–H groups in total. The molecule has 1 unspecified atom stereocenters. The van der Waals surface area contributed by atoms with Gasteiger partial charge in [0.25, 0.3) is 0 Å². The molecule has 0 aromatic heterocycles. The number of methoxy groups -OCH3 is 1. The number of thioether (sulfide) groups is 1. The topological polar surface area (TPSA) is 26.3 Å². The molecule has 0 amide bonds. The lowest BCUT2D eigenvalue weighted by Gasteiger charge is -2.15. The van der Waals surface area contributed by atoms with Gasteiger partial charge in [-0.2, -0.15) is 0 Å². The highest BCUT2D eigenvalue weighted by atomic mass is 79.9. The van der Waals surface area contributed by atoms with Crippen molar-refractivity contribution in [1.82, 2.24) is 0 Å². The predicted molar refractivity (Wildman–Crippen MR) is 86.1 cm³/mol. The van der Waals surface area contributed by atoms with Gasteiger partial charge in [0.1, 0.15) is 0 Å². The zero-order valence-corrected chi connectivity index (χ0v) is 13.5. The zero-order chi connectivity index (χ0) is 14.4. The third-order valence-corrected chi connectivity index (χ3v) is 5.05. The van der Waals surface area contributed by atoms with Gasteiger partial charge in [0.2, 0.25) is 0 Å².